The van der Waals surface area contributed by atoms with Gasteiger partial charge in [0, 0.05) is 10.9 Å². The average molecular weight is 481 g/mol. The summed E-state index contributed by atoms with van der Waals surface area (Å²) in [5.41, 5.74) is 2.87. The fourth-order valence-electron chi connectivity index (χ4n) is 4.04. The minimum Gasteiger partial charge on any atom is -0.492 e. The van der Waals surface area contributed by atoms with E-state index in [0.29, 0.717) is 46.0 Å². The first-order valence-electron chi connectivity index (χ1n) is 11.7. The van der Waals surface area contributed by atoms with E-state index in [1.54, 1.807) is 30.3 Å². The molecule has 1 heterocycles. The van der Waals surface area contributed by atoms with Crippen molar-refractivity contribution in [2.45, 2.75) is 20.0 Å². The highest BCUT2D eigenvalue weighted by atomic mass is 16.5. The number of aromatic nitrogens is 1. The average Bonchev–Trinajstić information content (AvgIpc) is 3.33. The molecule has 36 heavy (non-hydrogen) atoms. The van der Waals surface area contributed by atoms with Crippen molar-refractivity contribution in [1.82, 2.24) is 4.98 Å². The number of amides is 1. The number of para-hydroxylation sites is 4. The molecule has 0 fully saturated rings. The molecule has 1 N–H and O–H groups in total. The van der Waals surface area contributed by atoms with E-state index in [0.717, 1.165) is 10.9 Å². The van der Waals surface area contributed by atoms with Gasteiger partial charge in [-0.05, 0) is 55.6 Å². The number of benzene rings is 4. The summed E-state index contributed by atoms with van der Waals surface area (Å²) in [7, 11) is 0. The van der Waals surface area contributed by atoms with E-state index in [2.05, 4.69) is 10.3 Å². The number of esters is 1. The van der Waals surface area contributed by atoms with Crippen LogP contribution in [0.5, 0.6) is 5.75 Å². The Labute approximate surface area is 207 Å². The molecule has 0 bridgehead atoms. The Morgan fingerprint density at radius 2 is 1.69 bits per heavy atom. The third kappa shape index (κ3) is 4.51. The van der Waals surface area contributed by atoms with Gasteiger partial charge in [0.25, 0.3) is 5.91 Å². The Morgan fingerprint density at radius 3 is 2.50 bits per heavy atom. The van der Waals surface area contributed by atoms with Gasteiger partial charge in [-0.15, -0.1) is 0 Å². The lowest BCUT2D eigenvalue weighted by Gasteiger charge is -2.16. The lowest BCUT2D eigenvalue weighted by Crippen LogP contribution is -2.30. The van der Waals surface area contributed by atoms with Crippen molar-refractivity contribution in [2.75, 3.05) is 11.9 Å². The van der Waals surface area contributed by atoms with E-state index < -0.39 is 18.0 Å². The summed E-state index contributed by atoms with van der Waals surface area (Å²) >= 11 is 0. The number of nitrogens with one attached hydrogen (secondary N) is 1. The Bertz CT molecular complexity index is 1530. The van der Waals surface area contributed by atoms with E-state index in [-0.39, 0.29) is 0 Å². The van der Waals surface area contributed by atoms with Crippen molar-refractivity contribution in [3.8, 4) is 17.2 Å². The number of anilines is 1. The van der Waals surface area contributed by atoms with Crippen LogP contribution >= 0.6 is 0 Å². The largest absolute Gasteiger partial charge is 0.492 e. The van der Waals surface area contributed by atoms with Crippen molar-refractivity contribution < 1.29 is 23.5 Å². The van der Waals surface area contributed by atoms with Crippen LogP contribution in [0, 0.1) is 0 Å². The van der Waals surface area contributed by atoms with Crippen LogP contribution in [-0.4, -0.2) is 29.6 Å². The van der Waals surface area contributed by atoms with Gasteiger partial charge in [0.2, 0.25) is 5.89 Å². The fourth-order valence-corrected chi connectivity index (χ4v) is 4.04. The first-order valence-corrected chi connectivity index (χ1v) is 11.7. The first-order chi connectivity index (χ1) is 17.5. The van der Waals surface area contributed by atoms with Gasteiger partial charge in [0.15, 0.2) is 11.7 Å². The zero-order valence-electron chi connectivity index (χ0n) is 19.9. The summed E-state index contributed by atoms with van der Waals surface area (Å²) in [6, 6.07) is 25.6. The molecule has 1 amide bonds. The number of carbonyl (C=O) groups excluding carboxylic acids is 2. The Hall–Kier alpha value is -4.65. The molecule has 1 unspecified atom stereocenters. The van der Waals surface area contributed by atoms with E-state index >= 15 is 0 Å². The summed E-state index contributed by atoms with van der Waals surface area (Å²) in [4.78, 5) is 30.7. The highest BCUT2D eigenvalue weighted by Gasteiger charge is 2.23. The minimum absolute atomic E-state index is 0.319. The van der Waals surface area contributed by atoms with Gasteiger partial charge < -0.3 is 19.2 Å². The molecule has 0 aliphatic rings. The van der Waals surface area contributed by atoms with Crippen LogP contribution in [0.1, 0.15) is 24.2 Å². The fraction of sp³-hybridized carbons (Fsp3) is 0.138. The second kappa shape index (κ2) is 9.92. The van der Waals surface area contributed by atoms with Crippen LogP contribution in [0.25, 0.3) is 33.3 Å². The highest BCUT2D eigenvalue weighted by molar-refractivity contribution is 6.10. The van der Waals surface area contributed by atoms with Crippen LogP contribution in [-0.2, 0) is 9.53 Å². The van der Waals surface area contributed by atoms with Gasteiger partial charge in [0.05, 0.1) is 17.9 Å². The lowest BCUT2D eigenvalue weighted by molar-refractivity contribution is -0.123. The van der Waals surface area contributed by atoms with Gasteiger partial charge in [-0.2, -0.15) is 0 Å². The first kappa shape index (κ1) is 23.1. The molecule has 1 atom stereocenters. The topological polar surface area (TPSA) is 90.7 Å². The molecule has 0 aliphatic heterocycles. The number of hydrogen-bond acceptors (Lipinski definition) is 6. The number of rotatable bonds is 7. The third-order valence-corrected chi connectivity index (χ3v) is 5.75. The molecule has 180 valence electrons. The molecule has 4 aromatic carbocycles. The Balaban J connectivity index is 1.43. The highest BCUT2D eigenvalue weighted by Crippen LogP contribution is 2.33. The molecule has 0 saturated carbocycles. The summed E-state index contributed by atoms with van der Waals surface area (Å²) in [5, 5.41) is 4.25. The smallest absolute Gasteiger partial charge is 0.339 e. The van der Waals surface area contributed by atoms with Crippen molar-refractivity contribution in [1.29, 1.82) is 0 Å². The molecule has 0 saturated heterocycles. The zero-order chi connectivity index (χ0) is 25.1. The van der Waals surface area contributed by atoms with Crippen molar-refractivity contribution in [2.24, 2.45) is 0 Å². The minimum atomic E-state index is -1.04. The second-order valence-electron chi connectivity index (χ2n) is 8.16. The van der Waals surface area contributed by atoms with Crippen LogP contribution in [0.4, 0.5) is 5.69 Å². The third-order valence-electron chi connectivity index (χ3n) is 5.75. The lowest BCUT2D eigenvalue weighted by atomic mass is 9.99. The van der Waals surface area contributed by atoms with E-state index in [1.165, 1.54) is 6.92 Å². The molecule has 7 nitrogen and oxygen atoms in total. The van der Waals surface area contributed by atoms with Crippen molar-refractivity contribution >= 4 is 39.4 Å². The standard InChI is InChI=1S/C29H24N2O5/c1-3-34-24-16-6-4-14-22(24)30-27(32)18(2)35-29(33)21-13-9-11-19-10-8-12-20(26(19)21)28-31-23-15-5-7-17-25(23)36-28/h4-18H,3H2,1-2H3,(H,30,32). The van der Waals surface area contributed by atoms with Crippen molar-refractivity contribution in [3.05, 3.63) is 90.5 Å². The van der Waals surface area contributed by atoms with Gasteiger partial charge >= 0.3 is 5.97 Å². The van der Waals surface area contributed by atoms with Gasteiger partial charge in [0.1, 0.15) is 11.3 Å². The summed E-state index contributed by atoms with van der Waals surface area (Å²) < 4.78 is 17.1. The van der Waals surface area contributed by atoms with Crippen LogP contribution < -0.4 is 10.1 Å². The molecule has 1 aromatic heterocycles. The monoisotopic (exact) mass is 480 g/mol. The van der Waals surface area contributed by atoms with E-state index in [9.17, 15) is 9.59 Å². The normalized spacial score (nSPS) is 11.8. The molecular formula is C29H24N2O5. The molecule has 0 radical (unpaired) electrons. The van der Waals surface area contributed by atoms with Gasteiger partial charge in [-0.3, -0.25) is 4.79 Å². The number of carbonyl (C=O) groups is 2. The molecule has 0 aliphatic carbocycles. The van der Waals surface area contributed by atoms with E-state index in [1.807, 2.05) is 61.5 Å². The maximum absolute atomic E-state index is 13.3. The number of hydrogen-bond donors (Lipinski definition) is 1. The predicted molar refractivity (Wildman–Crippen MR) is 138 cm³/mol. The maximum atomic E-state index is 13.3. The van der Waals surface area contributed by atoms with Crippen LogP contribution in [0.15, 0.2) is 89.3 Å². The maximum Gasteiger partial charge on any atom is 0.339 e. The summed E-state index contributed by atoms with van der Waals surface area (Å²) in [6.07, 6.45) is -1.04. The molecule has 5 aromatic rings. The number of oxazole rings is 1. The number of ether oxygens (including phenoxy) is 2. The number of fused-ring (bicyclic) bond motifs is 2. The van der Waals surface area contributed by atoms with Crippen LogP contribution in [0.3, 0.4) is 0 Å². The van der Waals surface area contributed by atoms with Crippen LogP contribution in [0.2, 0.25) is 0 Å². The summed E-state index contributed by atoms with van der Waals surface area (Å²) in [6.45, 7) is 3.85. The SMILES string of the molecule is CCOc1ccccc1NC(=O)C(C)OC(=O)c1cccc2cccc(-c3nc4ccccc4o3)c12. The van der Waals surface area contributed by atoms with Gasteiger partial charge in [-0.1, -0.05) is 48.5 Å². The predicted octanol–water partition coefficient (Wildman–Crippen LogP) is 6.23. The quantitative estimate of drug-likeness (QED) is 0.278. The molecule has 0 spiro atoms. The zero-order valence-corrected chi connectivity index (χ0v) is 19.9. The molecule has 5 rings (SSSR count). The van der Waals surface area contributed by atoms with E-state index in [4.69, 9.17) is 13.9 Å². The molecule has 7 heteroatoms. The van der Waals surface area contributed by atoms with Gasteiger partial charge in [-0.25, -0.2) is 9.78 Å². The van der Waals surface area contributed by atoms with Crippen molar-refractivity contribution in [3.63, 3.8) is 0 Å². The summed E-state index contributed by atoms with van der Waals surface area (Å²) in [5.74, 6) is -0.135. The number of nitrogens with zero attached hydrogens (tertiary/aromatic N) is 1. The Morgan fingerprint density at radius 1 is 0.944 bits per heavy atom. The second-order valence-corrected chi connectivity index (χ2v) is 8.16. The molecular weight excluding hydrogens is 456 g/mol. The Kier molecular flexibility index (Phi) is 6.36.